The second-order valence-electron chi connectivity index (χ2n) is 3.67. The average Bonchev–Trinajstić information content (AvgIpc) is 2.26. The molecule has 1 heterocycles. The molecule has 0 N–H and O–H groups in total. The largest absolute Gasteiger partial charge is 0.362 e. The van der Waals surface area contributed by atoms with E-state index in [0.29, 0.717) is 11.3 Å². The highest BCUT2D eigenvalue weighted by Crippen LogP contribution is 2.27. The number of rotatable bonds is 2. The van der Waals surface area contributed by atoms with Crippen molar-refractivity contribution < 1.29 is 4.92 Å². The number of halogens is 1. The lowest BCUT2D eigenvalue weighted by molar-refractivity contribution is -0.384. The number of fused-ring (bicyclic) bond motifs is 1. The van der Waals surface area contributed by atoms with E-state index < -0.39 is 4.92 Å². The van der Waals surface area contributed by atoms with E-state index in [0.717, 1.165) is 5.39 Å². The van der Waals surface area contributed by atoms with Gasteiger partial charge in [-0.3, -0.25) is 10.1 Å². The van der Waals surface area contributed by atoms with Crippen molar-refractivity contribution >= 4 is 34.0 Å². The number of hydrogen-bond donors (Lipinski definition) is 0. The maximum absolute atomic E-state index is 10.7. The fourth-order valence-electron chi connectivity index (χ4n) is 1.53. The Labute approximate surface area is 102 Å². The molecule has 88 valence electrons. The first-order valence-corrected chi connectivity index (χ1v) is 5.16. The van der Waals surface area contributed by atoms with E-state index >= 15 is 0 Å². The summed E-state index contributed by atoms with van der Waals surface area (Å²) in [5.74, 6) is 0.634. The number of nitro groups is 1. The molecule has 0 spiro atoms. The molecule has 0 unspecified atom stereocenters. The number of aromatic nitrogens is 2. The molecule has 2 aromatic rings. The van der Waals surface area contributed by atoms with Gasteiger partial charge in [-0.2, -0.15) is 4.98 Å². The van der Waals surface area contributed by atoms with E-state index in [9.17, 15) is 10.1 Å². The summed E-state index contributed by atoms with van der Waals surface area (Å²) in [5, 5.41) is 11.5. The number of benzene rings is 1. The molecule has 0 radical (unpaired) electrons. The first-order chi connectivity index (χ1) is 7.99. The predicted molar refractivity (Wildman–Crippen MR) is 65.5 cm³/mol. The van der Waals surface area contributed by atoms with E-state index in [1.165, 1.54) is 12.1 Å². The maximum atomic E-state index is 10.7. The van der Waals surface area contributed by atoms with Gasteiger partial charge in [0.05, 0.1) is 10.4 Å². The summed E-state index contributed by atoms with van der Waals surface area (Å²) in [6, 6.07) is 4.43. The Morgan fingerprint density at radius 3 is 2.65 bits per heavy atom. The molecular formula is C10H9ClN4O2. The van der Waals surface area contributed by atoms with Gasteiger partial charge in [0.25, 0.3) is 5.69 Å². The van der Waals surface area contributed by atoms with Gasteiger partial charge in [0.1, 0.15) is 5.82 Å². The molecule has 1 aromatic carbocycles. The molecular weight excluding hydrogens is 244 g/mol. The SMILES string of the molecule is CN(C)c1nc(Cl)nc2cc([N+](=O)[O-])ccc12. The quantitative estimate of drug-likeness (QED) is 0.466. The summed E-state index contributed by atoms with van der Waals surface area (Å²) >= 11 is 5.78. The van der Waals surface area contributed by atoms with E-state index in [2.05, 4.69) is 9.97 Å². The number of nitro benzene ring substituents is 1. The predicted octanol–water partition coefficient (Wildman–Crippen LogP) is 2.26. The third kappa shape index (κ3) is 2.12. The Morgan fingerprint density at radius 2 is 2.06 bits per heavy atom. The zero-order chi connectivity index (χ0) is 12.6. The Kier molecular flexibility index (Phi) is 2.81. The second-order valence-corrected chi connectivity index (χ2v) is 4.01. The molecule has 2 rings (SSSR count). The molecule has 0 saturated carbocycles. The van der Waals surface area contributed by atoms with Gasteiger partial charge in [-0.1, -0.05) is 0 Å². The average molecular weight is 253 g/mol. The molecule has 0 aliphatic heterocycles. The van der Waals surface area contributed by atoms with Gasteiger partial charge in [-0.25, -0.2) is 4.98 Å². The monoisotopic (exact) mass is 252 g/mol. The van der Waals surface area contributed by atoms with Gasteiger partial charge >= 0.3 is 0 Å². The molecule has 6 nitrogen and oxygen atoms in total. The highest BCUT2D eigenvalue weighted by atomic mass is 35.5. The molecule has 1 aromatic heterocycles. The van der Waals surface area contributed by atoms with Crippen molar-refractivity contribution in [2.24, 2.45) is 0 Å². The topological polar surface area (TPSA) is 72.2 Å². The van der Waals surface area contributed by atoms with Crippen LogP contribution in [0.3, 0.4) is 0 Å². The van der Waals surface area contributed by atoms with Crippen LogP contribution in [0.2, 0.25) is 5.28 Å². The molecule has 0 atom stereocenters. The molecule has 0 amide bonds. The summed E-state index contributed by atoms with van der Waals surface area (Å²) in [6.45, 7) is 0. The summed E-state index contributed by atoms with van der Waals surface area (Å²) < 4.78 is 0. The Morgan fingerprint density at radius 1 is 1.35 bits per heavy atom. The van der Waals surface area contributed by atoms with Crippen LogP contribution in [0.5, 0.6) is 0 Å². The molecule has 0 aliphatic rings. The van der Waals surface area contributed by atoms with Crippen LogP contribution in [0.1, 0.15) is 0 Å². The zero-order valence-corrected chi connectivity index (χ0v) is 9.97. The van der Waals surface area contributed by atoms with Gasteiger partial charge in [0.2, 0.25) is 5.28 Å². The van der Waals surface area contributed by atoms with Gasteiger partial charge in [-0.05, 0) is 17.7 Å². The van der Waals surface area contributed by atoms with Gasteiger partial charge in [0.15, 0.2) is 0 Å². The molecule has 0 aliphatic carbocycles. The smallest absolute Gasteiger partial charge is 0.271 e. The third-order valence-electron chi connectivity index (χ3n) is 2.27. The van der Waals surface area contributed by atoms with E-state index in [1.807, 2.05) is 14.1 Å². The number of non-ortho nitro benzene ring substituents is 1. The Balaban J connectivity index is 2.75. The van der Waals surface area contributed by atoms with Crippen LogP contribution in [-0.4, -0.2) is 29.0 Å². The maximum Gasteiger partial charge on any atom is 0.271 e. The lowest BCUT2D eigenvalue weighted by atomic mass is 10.2. The van der Waals surface area contributed by atoms with E-state index in [4.69, 9.17) is 11.6 Å². The fraction of sp³-hybridized carbons (Fsp3) is 0.200. The molecule has 0 fully saturated rings. The molecule has 7 heteroatoms. The van der Waals surface area contributed by atoms with Crippen LogP contribution in [0.15, 0.2) is 18.2 Å². The van der Waals surface area contributed by atoms with Gasteiger partial charge in [-0.15, -0.1) is 0 Å². The molecule has 0 saturated heterocycles. The summed E-state index contributed by atoms with van der Waals surface area (Å²) in [4.78, 5) is 20.0. The third-order valence-corrected chi connectivity index (χ3v) is 2.44. The van der Waals surface area contributed by atoms with Crippen molar-refractivity contribution in [3.63, 3.8) is 0 Å². The fourth-order valence-corrected chi connectivity index (χ4v) is 1.70. The van der Waals surface area contributed by atoms with Crippen LogP contribution in [0.25, 0.3) is 10.9 Å². The van der Waals surface area contributed by atoms with Gasteiger partial charge < -0.3 is 4.90 Å². The Hall–Kier alpha value is -1.95. The van der Waals surface area contributed by atoms with Gasteiger partial charge in [0, 0.05) is 31.6 Å². The van der Waals surface area contributed by atoms with E-state index in [1.54, 1.807) is 11.0 Å². The summed E-state index contributed by atoms with van der Waals surface area (Å²) in [5.41, 5.74) is 0.444. The second kappa shape index (κ2) is 4.14. The highest BCUT2D eigenvalue weighted by molar-refractivity contribution is 6.28. The lowest BCUT2D eigenvalue weighted by Crippen LogP contribution is -2.11. The standard InChI is InChI=1S/C10H9ClN4O2/c1-14(2)9-7-4-3-6(15(16)17)5-8(7)12-10(11)13-9/h3-5H,1-2H3. The zero-order valence-electron chi connectivity index (χ0n) is 9.22. The number of hydrogen-bond acceptors (Lipinski definition) is 5. The Bertz CT molecular complexity index is 600. The normalized spacial score (nSPS) is 10.5. The van der Waals surface area contributed by atoms with Crippen molar-refractivity contribution in [2.45, 2.75) is 0 Å². The van der Waals surface area contributed by atoms with Crippen LogP contribution in [-0.2, 0) is 0 Å². The van der Waals surface area contributed by atoms with E-state index in [-0.39, 0.29) is 11.0 Å². The van der Waals surface area contributed by atoms with Crippen molar-refractivity contribution in [2.75, 3.05) is 19.0 Å². The highest BCUT2D eigenvalue weighted by Gasteiger charge is 2.12. The minimum absolute atomic E-state index is 0.0167. The summed E-state index contributed by atoms with van der Waals surface area (Å²) in [7, 11) is 3.64. The van der Waals surface area contributed by atoms with Crippen molar-refractivity contribution in [1.29, 1.82) is 0 Å². The summed E-state index contributed by atoms with van der Waals surface area (Å²) in [6.07, 6.45) is 0. The number of anilines is 1. The lowest BCUT2D eigenvalue weighted by Gasteiger charge is -2.13. The van der Waals surface area contributed by atoms with Crippen molar-refractivity contribution in [1.82, 2.24) is 9.97 Å². The van der Waals surface area contributed by atoms with Crippen molar-refractivity contribution in [3.8, 4) is 0 Å². The number of nitrogens with zero attached hydrogens (tertiary/aromatic N) is 4. The van der Waals surface area contributed by atoms with Crippen LogP contribution in [0, 0.1) is 10.1 Å². The van der Waals surface area contributed by atoms with Crippen LogP contribution < -0.4 is 4.90 Å². The first kappa shape index (κ1) is 11.5. The van der Waals surface area contributed by atoms with Crippen LogP contribution in [0.4, 0.5) is 11.5 Å². The minimum atomic E-state index is -0.467. The first-order valence-electron chi connectivity index (χ1n) is 4.78. The van der Waals surface area contributed by atoms with Crippen LogP contribution >= 0.6 is 11.6 Å². The van der Waals surface area contributed by atoms with Crippen molar-refractivity contribution in [3.05, 3.63) is 33.6 Å². The molecule has 0 bridgehead atoms. The minimum Gasteiger partial charge on any atom is -0.362 e. The molecule has 17 heavy (non-hydrogen) atoms.